The molecule has 0 aromatic carbocycles. The molecule has 0 amide bonds. The van der Waals surface area contributed by atoms with Crippen molar-refractivity contribution in [3.63, 3.8) is 0 Å². The smallest absolute Gasteiger partial charge is 0.143 e. The first-order chi connectivity index (χ1) is 6.13. The Morgan fingerprint density at radius 3 is 3.00 bits per heavy atom. The minimum Gasteiger partial charge on any atom is -0.409 e. The topological polar surface area (TPSA) is 76.4 Å². The van der Waals surface area contributed by atoms with Crippen LogP contribution in [0.5, 0.6) is 0 Å². The fraction of sp³-hybridized carbons (Fsp3) is 0.500. The van der Waals surface area contributed by atoms with Crippen molar-refractivity contribution in [1.82, 2.24) is 9.78 Å². The zero-order chi connectivity index (χ0) is 9.84. The van der Waals surface area contributed by atoms with E-state index in [1.54, 1.807) is 10.9 Å². The molecule has 3 N–H and O–H groups in total. The van der Waals surface area contributed by atoms with Crippen LogP contribution >= 0.6 is 0 Å². The lowest BCUT2D eigenvalue weighted by molar-refractivity contribution is 0.313. The average molecular weight is 182 g/mol. The summed E-state index contributed by atoms with van der Waals surface area (Å²) in [5.41, 5.74) is 6.53. The fourth-order valence-electron chi connectivity index (χ4n) is 1.04. The van der Waals surface area contributed by atoms with Crippen molar-refractivity contribution >= 4 is 5.84 Å². The van der Waals surface area contributed by atoms with Crippen molar-refractivity contribution in [2.75, 3.05) is 0 Å². The molecular weight excluding hydrogens is 168 g/mol. The van der Waals surface area contributed by atoms with Gasteiger partial charge in [0.1, 0.15) is 5.84 Å². The third-order valence-electron chi connectivity index (χ3n) is 1.84. The van der Waals surface area contributed by atoms with Crippen LogP contribution in [0.15, 0.2) is 17.5 Å². The molecule has 0 bridgehead atoms. The van der Waals surface area contributed by atoms with Gasteiger partial charge in [0.2, 0.25) is 0 Å². The number of rotatable bonds is 3. The van der Waals surface area contributed by atoms with Gasteiger partial charge in [-0.1, -0.05) is 12.1 Å². The highest BCUT2D eigenvalue weighted by molar-refractivity contribution is 5.81. The molecule has 0 saturated carbocycles. The number of aromatic nitrogens is 2. The van der Waals surface area contributed by atoms with E-state index >= 15 is 0 Å². The first-order valence-electron chi connectivity index (χ1n) is 4.10. The number of nitrogens with two attached hydrogens (primary N) is 1. The molecule has 72 valence electrons. The van der Waals surface area contributed by atoms with E-state index in [4.69, 9.17) is 10.9 Å². The van der Waals surface area contributed by atoms with Gasteiger partial charge in [-0.25, -0.2) is 0 Å². The zero-order valence-corrected chi connectivity index (χ0v) is 7.81. The molecule has 0 spiro atoms. The Bertz CT molecular complexity index is 305. The van der Waals surface area contributed by atoms with E-state index in [9.17, 15) is 0 Å². The van der Waals surface area contributed by atoms with Crippen LogP contribution in [-0.4, -0.2) is 20.8 Å². The largest absolute Gasteiger partial charge is 0.409 e. The highest BCUT2D eigenvalue weighted by atomic mass is 16.4. The maximum Gasteiger partial charge on any atom is 0.143 e. The van der Waals surface area contributed by atoms with Gasteiger partial charge in [-0.05, 0) is 12.5 Å². The maximum absolute atomic E-state index is 8.42. The summed E-state index contributed by atoms with van der Waals surface area (Å²) in [4.78, 5) is 0. The van der Waals surface area contributed by atoms with Crippen LogP contribution in [0.4, 0.5) is 0 Å². The zero-order valence-electron chi connectivity index (χ0n) is 7.81. The minimum atomic E-state index is -0.00991. The van der Waals surface area contributed by atoms with Crippen LogP contribution in [0, 0.1) is 12.8 Å². The van der Waals surface area contributed by atoms with Crippen LogP contribution < -0.4 is 5.73 Å². The summed E-state index contributed by atoms with van der Waals surface area (Å²) in [5, 5.41) is 15.5. The first kappa shape index (κ1) is 9.57. The Morgan fingerprint density at radius 1 is 1.85 bits per heavy atom. The highest BCUT2D eigenvalue weighted by Crippen LogP contribution is 2.01. The third kappa shape index (κ3) is 2.47. The molecule has 5 nitrogen and oxygen atoms in total. The standard InChI is InChI=1S/C8H14N4O/c1-6-3-10-12(4-6)5-7(2)8(9)11-13/h3-4,7,13H,5H2,1-2H3,(H2,9,11). The Hall–Kier alpha value is -1.52. The Kier molecular flexibility index (Phi) is 2.89. The van der Waals surface area contributed by atoms with E-state index in [2.05, 4.69) is 10.3 Å². The van der Waals surface area contributed by atoms with Crippen LogP contribution in [0.2, 0.25) is 0 Å². The second-order valence-electron chi connectivity index (χ2n) is 3.17. The van der Waals surface area contributed by atoms with Gasteiger partial charge in [-0.15, -0.1) is 0 Å². The van der Waals surface area contributed by atoms with Gasteiger partial charge in [0.25, 0.3) is 0 Å². The molecule has 0 saturated heterocycles. The molecule has 5 heteroatoms. The van der Waals surface area contributed by atoms with Gasteiger partial charge in [-0.2, -0.15) is 5.10 Å². The molecule has 0 radical (unpaired) electrons. The van der Waals surface area contributed by atoms with Gasteiger partial charge >= 0.3 is 0 Å². The fourth-order valence-corrected chi connectivity index (χ4v) is 1.04. The van der Waals surface area contributed by atoms with Gasteiger partial charge in [0.15, 0.2) is 0 Å². The van der Waals surface area contributed by atoms with Crippen molar-refractivity contribution in [1.29, 1.82) is 0 Å². The average Bonchev–Trinajstić information content (AvgIpc) is 2.49. The third-order valence-corrected chi connectivity index (χ3v) is 1.84. The van der Waals surface area contributed by atoms with Crippen molar-refractivity contribution in [3.8, 4) is 0 Å². The van der Waals surface area contributed by atoms with E-state index in [1.165, 1.54) is 0 Å². The van der Waals surface area contributed by atoms with E-state index in [0.717, 1.165) is 5.56 Å². The predicted molar refractivity (Wildman–Crippen MR) is 49.5 cm³/mol. The number of amidine groups is 1. The van der Waals surface area contributed by atoms with Crippen molar-refractivity contribution in [2.24, 2.45) is 16.8 Å². The van der Waals surface area contributed by atoms with Crippen LogP contribution in [0.1, 0.15) is 12.5 Å². The van der Waals surface area contributed by atoms with E-state index in [1.807, 2.05) is 20.0 Å². The van der Waals surface area contributed by atoms with Crippen LogP contribution in [-0.2, 0) is 6.54 Å². The maximum atomic E-state index is 8.42. The summed E-state index contributed by atoms with van der Waals surface area (Å²) in [6.45, 7) is 4.48. The van der Waals surface area contributed by atoms with Gasteiger partial charge in [-0.3, -0.25) is 4.68 Å². The molecular formula is C8H14N4O. The number of hydrogen-bond acceptors (Lipinski definition) is 3. The van der Waals surface area contributed by atoms with E-state index in [-0.39, 0.29) is 11.8 Å². The summed E-state index contributed by atoms with van der Waals surface area (Å²) in [6, 6.07) is 0. The van der Waals surface area contributed by atoms with Crippen LogP contribution in [0.25, 0.3) is 0 Å². The Balaban J connectivity index is 2.59. The monoisotopic (exact) mass is 182 g/mol. The summed E-state index contributed by atoms with van der Waals surface area (Å²) in [5.74, 6) is 0.220. The molecule has 1 heterocycles. The summed E-state index contributed by atoms with van der Waals surface area (Å²) in [6.07, 6.45) is 3.69. The van der Waals surface area contributed by atoms with Crippen molar-refractivity contribution in [2.45, 2.75) is 20.4 Å². The van der Waals surface area contributed by atoms with Gasteiger partial charge < -0.3 is 10.9 Å². The number of oxime groups is 1. The molecule has 1 unspecified atom stereocenters. The molecule has 0 aliphatic rings. The molecule has 1 aromatic heterocycles. The lowest BCUT2D eigenvalue weighted by atomic mass is 10.1. The summed E-state index contributed by atoms with van der Waals surface area (Å²) in [7, 11) is 0. The van der Waals surface area contributed by atoms with Crippen molar-refractivity contribution < 1.29 is 5.21 Å². The molecule has 1 rings (SSSR count). The molecule has 0 fully saturated rings. The molecule has 1 aromatic rings. The predicted octanol–water partition coefficient (Wildman–Crippen LogP) is 0.574. The molecule has 0 aliphatic carbocycles. The Morgan fingerprint density at radius 2 is 2.54 bits per heavy atom. The SMILES string of the molecule is Cc1cnn(CC(C)/C(N)=N\O)c1. The second-order valence-corrected chi connectivity index (χ2v) is 3.17. The first-order valence-corrected chi connectivity index (χ1v) is 4.10. The summed E-state index contributed by atoms with van der Waals surface area (Å²) >= 11 is 0. The Labute approximate surface area is 76.8 Å². The molecule has 13 heavy (non-hydrogen) atoms. The number of aryl methyl sites for hydroxylation is 1. The normalized spacial score (nSPS) is 14.5. The minimum absolute atomic E-state index is 0.00991. The number of nitrogens with zero attached hydrogens (tertiary/aromatic N) is 3. The van der Waals surface area contributed by atoms with E-state index in [0.29, 0.717) is 6.54 Å². The van der Waals surface area contributed by atoms with E-state index < -0.39 is 0 Å². The number of hydrogen-bond donors (Lipinski definition) is 2. The summed E-state index contributed by atoms with van der Waals surface area (Å²) < 4.78 is 1.78. The lowest BCUT2D eigenvalue weighted by Crippen LogP contribution is -2.25. The van der Waals surface area contributed by atoms with Gasteiger partial charge in [0.05, 0.1) is 12.7 Å². The second kappa shape index (κ2) is 3.93. The molecule has 0 aliphatic heterocycles. The highest BCUT2D eigenvalue weighted by Gasteiger charge is 2.08. The van der Waals surface area contributed by atoms with Crippen molar-refractivity contribution in [3.05, 3.63) is 18.0 Å². The molecule has 1 atom stereocenters. The van der Waals surface area contributed by atoms with Crippen LogP contribution in [0.3, 0.4) is 0 Å². The quantitative estimate of drug-likeness (QED) is 0.310. The van der Waals surface area contributed by atoms with Gasteiger partial charge in [0, 0.05) is 12.1 Å². The lowest BCUT2D eigenvalue weighted by Gasteiger charge is -2.08.